The van der Waals surface area contributed by atoms with E-state index >= 15 is 0 Å². The normalized spacial score (nSPS) is 33.5. The van der Waals surface area contributed by atoms with Crippen LogP contribution < -0.4 is 16.0 Å². The van der Waals surface area contributed by atoms with Gasteiger partial charge >= 0.3 is 0 Å². The number of hydrogen-bond acceptors (Lipinski definition) is 3. The molecule has 2 saturated heterocycles. The molecular weight excluding hydrogens is 152 g/mol. The van der Waals surface area contributed by atoms with E-state index < -0.39 is 0 Å². The molecular formula is C8H16N4. The van der Waals surface area contributed by atoms with Gasteiger partial charge in [0.05, 0.1) is 6.17 Å². The molecule has 4 heteroatoms. The Bertz CT molecular complexity index is 111. The Morgan fingerprint density at radius 2 is 2.17 bits per heavy atom. The van der Waals surface area contributed by atoms with Gasteiger partial charge in [0.15, 0.2) is 0 Å². The van der Waals surface area contributed by atoms with Crippen molar-refractivity contribution in [3.05, 3.63) is 6.54 Å². The van der Waals surface area contributed by atoms with E-state index in [-0.39, 0.29) is 0 Å². The first kappa shape index (κ1) is 8.44. The second kappa shape index (κ2) is 4.18. The van der Waals surface area contributed by atoms with Crippen molar-refractivity contribution in [3.8, 4) is 0 Å². The van der Waals surface area contributed by atoms with Gasteiger partial charge in [0.2, 0.25) is 0 Å². The molecule has 0 amide bonds. The van der Waals surface area contributed by atoms with Gasteiger partial charge in [-0.3, -0.25) is 10.2 Å². The summed E-state index contributed by atoms with van der Waals surface area (Å²) in [6, 6.07) is 0. The lowest BCUT2D eigenvalue weighted by Crippen LogP contribution is -2.59. The van der Waals surface area contributed by atoms with Crippen LogP contribution in [0.2, 0.25) is 0 Å². The topological polar surface area (TPSA) is 41.4 Å². The highest BCUT2D eigenvalue weighted by Crippen LogP contribution is 2.00. The average Bonchev–Trinajstić information content (AvgIpc) is 2.21. The maximum absolute atomic E-state index is 4.32. The molecule has 0 aromatic heterocycles. The first-order valence-corrected chi connectivity index (χ1v) is 4.62. The highest BCUT2D eigenvalue weighted by Gasteiger charge is 2.21. The lowest BCUT2D eigenvalue weighted by molar-refractivity contribution is 0.136. The van der Waals surface area contributed by atoms with Gasteiger partial charge in [0.1, 0.15) is 0 Å². The van der Waals surface area contributed by atoms with Gasteiger partial charge < -0.3 is 5.32 Å². The van der Waals surface area contributed by atoms with Crippen LogP contribution in [-0.2, 0) is 0 Å². The Balaban J connectivity index is 1.80. The van der Waals surface area contributed by atoms with Crippen LogP contribution >= 0.6 is 0 Å². The van der Waals surface area contributed by atoms with Crippen LogP contribution in [0, 0.1) is 6.54 Å². The molecule has 2 aliphatic heterocycles. The molecule has 0 aromatic carbocycles. The Morgan fingerprint density at radius 1 is 1.33 bits per heavy atom. The molecule has 2 N–H and O–H groups in total. The van der Waals surface area contributed by atoms with E-state index in [2.05, 4.69) is 27.4 Å². The van der Waals surface area contributed by atoms with Crippen molar-refractivity contribution >= 4 is 0 Å². The molecule has 0 bridgehead atoms. The third-order valence-corrected chi connectivity index (χ3v) is 2.44. The van der Waals surface area contributed by atoms with Crippen LogP contribution in [0.4, 0.5) is 0 Å². The van der Waals surface area contributed by atoms with Crippen LogP contribution in [0.1, 0.15) is 0 Å². The van der Waals surface area contributed by atoms with E-state index in [1.54, 1.807) is 0 Å². The SMILES string of the molecule is [CH]1CNC(N2CC[N]CC2)CN1. The molecule has 4 nitrogen and oxygen atoms in total. The van der Waals surface area contributed by atoms with Crippen LogP contribution in [0.5, 0.6) is 0 Å². The number of nitrogens with one attached hydrogen (secondary N) is 2. The summed E-state index contributed by atoms with van der Waals surface area (Å²) in [5, 5.41) is 11.1. The predicted molar refractivity (Wildman–Crippen MR) is 47.5 cm³/mol. The van der Waals surface area contributed by atoms with Crippen molar-refractivity contribution in [2.75, 3.05) is 39.3 Å². The lowest BCUT2D eigenvalue weighted by Gasteiger charge is -2.37. The maximum atomic E-state index is 4.32. The van der Waals surface area contributed by atoms with Crippen LogP contribution in [0.3, 0.4) is 0 Å². The van der Waals surface area contributed by atoms with E-state index in [0.717, 1.165) is 39.3 Å². The minimum absolute atomic E-state index is 0.519. The molecule has 2 radical (unpaired) electrons. The van der Waals surface area contributed by atoms with Crippen LogP contribution in [0.25, 0.3) is 0 Å². The van der Waals surface area contributed by atoms with Gasteiger partial charge in [-0.05, 0) is 0 Å². The molecule has 0 saturated carbocycles. The third-order valence-electron chi connectivity index (χ3n) is 2.44. The molecule has 0 aliphatic carbocycles. The van der Waals surface area contributed by atoms with Crippen molar-refractivity contribution in [1.29, 1.82) is 0 Å². The fraction of sp³-hybridized carbons (Fsp3) is 0.875. The Morgan fingerprint density at radius 3 is 2.83 bits per heavy atom. The quantitative estimate of drug-likeness (QED) is 0.505. The molecule has 2 rings (SSSR count). The summed E-state index contributed by atoms with van der Waals surface area (Å²) in [4.78, 5) is 2.47. The predicted octanol–water partition coefficient (Wildman–Crippen LogP) is -1.41. The summed E-state index contributed by atoms with van der Waals surface area (Å²) in [7, 11) is 0. The zero-order chi connectivity index (χ0) is 8.23. The third kappa shape index (κ3) is 1.95. The van der Waals surface area contributed by atoms with Gasteiger partial charge in [-0.1, -0.05) is 0 Å². The lowest BCUT2D eigenvalue weighted by atomic mass is 10.3. The largest absolute Gasteiger partial charge is 0.308 e. The summed E-state index contributed by atoms with van der Waals surface area (Å²) in [5.41, 5.74) is 0. The van der Waals surface area contributed by atoms with Crippen LogP contribution in [0.15, 0.2) is 0 Å². The first-order chi connectivity index (χ1) is 5.97. The number of nitrogens with zero attached hydrogens (tertiary/aromatic N) is 2. The van der Waals surface area contributed by atoms with Crippen molar-refractivity contribution in [2.45, 2.75) is 6.17 Å². The summed E-state index contributed by atoms with van der Waals surface area (Å²) in [6.45, 7) is 8.30. The fourth-order valence-electron chi connectivity index (χ4n) is 1.73. The standard InChI is InChI=1S/C8H16N4/c1-2-11-8(7-10-1)12-5-3-9-4-6-12/h1,8,10-11H,2-7H2. The average molecular weight is 168 g/mol. The van der Waals surface area contributed by atoms with Crippen molar-refractivity contribution in [1.82, 2.24) is 20.9 Å². The molecule has 2 aliphatic rings. The Labute approximate surface area is 73.7 Å². The van der Waals surface area contributed by atoms with Crippen molar-refractivity contribution < 1.29 is 0 Å². The van der Waals surface area contributed by atoms with E-state index in [1.165, 1.54) is 0 Å². The van der Waals surface area contributed by atoms with Gasteiger partial charge in [0.25, 0.3) is 0 Å². The molecule has 0 spiro atoms. The van der Waals surface area contributed by atoms with Crippen molar-refractivity contribution in [3.63, 3.8) is 0 Å². The number of rotatable bonds is 1. The molecule has 2 fully saturated rings. The summed E-state index contributed by atoms with van der Waals surface area (Å²) in [5.74, 6) is 0. The first-order valence-electron chi connectivity index (χ1n) is 4.62. The molecule has 2 heterocycles. The van der Waals surface area contributed by atoms with Crippen molar-refractivity contribution in [2.24, 2.45) is 0 Å². The van der Waals surface area contributed by atoms with E-state index in [0.29, 0.717) is 6.17 Å². The monoisotopic (exact) mass is 168 g/mol. The Kier molecular flexibility index (Phi) is 2.94. The summed E-state index contributed by atoms with van der Waals surface area (Å²) in [6.07, 6.45) is 0.519. The zero-order valence-corrected chi connectivity index (χ0v) is 7.29. The van der Waals surface area contributed by atoms with Gasteiger partial charge in [-0.15, -0.1) is 0 Å². The maximum Gasteiger partial charge on any atom is 0.0727 e. The minimum Gasteiger partial charge on any atom is -0.308 e. The molecule has 1 atom stereocenters. The van der Waals surface area contributed by atoms with E-state index in [4.69, 9.17) is 0 Å². The van der Waals surface area contributed by atoms with Gasteiger partial charge in [-0.2, -0.15) is 0 Å². The number of piperazine rings is 2. The highest BCUT2D eigenvalue weighted by atomic mass is 15.3. The summed E-state index contributed by atoms with van der Waals surface area (Å²) < 4.78 is 0. The minimum atomic E-state index is 0.519. The fourth-order valence-corrected chi connectivity index (χ4v) is 1.73. The molecule has 12 heavy (non-hydrogen) atoms. The van der Waals surface area contributed by atoms with E-state index in [1.807, 2.05) is 0 Å². The second-order valence-corrected chi connectivity index (χ2v) is 3.24. The van der Waals surface area contributed by atoms with E-state index in [9.17, 15) is 0 Å². The smallest absolute Gasteiger partial charge is 0.0727 e. The van der Waals surface area contributed by atoms with Crippen LogP contribution in [-0.4, -0.2) is 50.3 Å². The highest BCUT2D eigenvalue weighted by molar-refractivity contribution is 4.83. The molecule has 68 valence electrons. The van der Waals surface area contributed by atoms with Gasteiger partial charge in [0, 0.05) is 45.8 Å². The second-order valence-electron chi connectivity index (χ2n) is 3.24. The molecule has 0 aromatic rings. The zero-order valence-electron chi connectivity index (χ0n) is 7.29. The number of hydrogen-bond donors (Lipinski definition) is 2. The molecule has 1 unspecified atom stereocenters. The Hall–Kier alpha value is -0.160. The summed E-state index contributed by atoms with van der Waals surface area (Å²) >= 11 is 0. The van der Waals surface area contributed by atoms with Gasteiger partial charge in [-0.25, -0.2) is 5.32 Å².